The van der Waals surface area contributed by atoms with E-state index in [1.54, 1.807) is 30.6 Å². The van der Waals surface area contributed by atoms with Crippen LogP contribution in [0.5, 0.6) is 0 Å². The molecular formula is C20H17ClN4O3S2. The second kappa shape index (κ2) is 7.82. The Bertz CT molecular complexity index is 1380. The molecule has 0 atom stereocenters. The van der Waals surface area contributed by atoms with Crippen molar-refractivity contribution in [2.24, 2.45) is 0 Å². The summed E-state index contributed by atoms with van der Waals surface area (Å²) in [6, 6.07) is 10.9. The summed E-state index contributed by atoms with van der Waals surface area (Å²) in [7, 11) is -3.60. The minimum absolute atomic E-state index is 0.0260. The van der Waals surface area contributed by atoms with Crippen molar-refractivity contribution in [1.29, 1.82) is 0 Å². The van der Waals surface area contributed by atoms with E-state index < -0.39 is 15.7 Å². The van der Waals surface area contributed by atoms with Crippen molar-refractivity contribution in [3.05, 3.63) is 75.5 Å². The molecule has 0 aliphatic carbocycles. The number of thiazole rings is 1. The fourth-order valence-electron chi connectivity index (χ4n) is 2.99. The van der Waals surface area contributed by atoms with Gasteiger partial charge in [-0.1, -0.05) is 29.8 Å². The van der Waals surface area contributed by atoms with Crippen molar-refractivity contribution in [2.75, 3.05) is 11.6 Å². The maximum absolute atomic E-state index is 12.8. The first-order valence-electron chi connectivity index (χ1n) is 8.90. The van der Waals surface area contributed by atoms with Gasteiger partial charge in [-0.2, -0.15) is 0 Å². The van der Waals surface area contributed by atoms with Gasteiger partial charge in [0.1, 0.15) is 0 Å². The number of amides is 1. The zero-order valence-electron chi connectivity index (χ0n) is 16.1. The third kappa shape index (κ3) is 4.09. The molecule has 1 N–H and O–H groups in total. The molecule has 154 valence electrons. The number of fused-ring (bicyclic) bond motifs is 1. The topological polar surface area (TPSA) is 93.4 Å². The third-order valence-electron chi connectivity index (χ3n) is 4.45. The summed E-state index contributed by atoms with van der Waals surface area (Å²) in [6.45, 7) is 1.95. The minimum Gasteiger partial charge on any atom is -0.296 e. The summed E-state index contributed by atoms with van der Waals surface area (Å²) in [5.41, 5.74) is 2.49. The van der Waals surface area contributed by atoms with Gasteiger partial charge in [-0.05, 0) is 36.2 Å². The predicted octanol–water partition coefficient (Wildman–Crippen LogP) is 4.00. The fourth-order valence-corrected chi connectivity index (χ4v) is 4.81. The van der Waals surface area contributed by atoms with E-state index in [9.17, 15) is 13.2 Å². The summed E-state index contributed by atoms with van der Waals surface area (Å²) < 4.78 is 25.4. The monoisotopic (exact) mass is 460 g/mol. The molecule has 1 aromatic carbocycles. The zero-order chi connectivity index (χ0) is 21.5. The van der Waals surface area contributed by atoms with Crippen molar-refractivity contribution in [3.63, 3.8) is 0 Å². The highest BCUT2D eigenvalue weighted by Gasteiger charge is 2.23. The fraction of sp³-hybridized carbons (Fsp3) is 0.150. The Morgan fingerprint density at radius 1 is 1.27 bits per heavy atom. The van der Waals surface area contributed by atoms with Crippen LogP contribution in [-0.2, 0) is 16.3 Å². The molecule has 0 saturated heterocycles. The van der Waals surface area contributed by atoms with Gasteiger partial charge in [0, 0.05) is 35.0 Å². The van der Waals surface area contributed by atoms with Crippen LogP contribution in [0.25, 0.3) is 5.52 Å². The average Bonchev–Trinajstić information content (AvgIpc) is 3.29. The van der Waals surface area contributed by atoms with Crippen molar-refractivity contribution < 1.29 is 13.2 Å². The molecule has 10 heteroatoms. The molecule has 0 spiro atoms. The number of carbonyl (C=O) groups excluding carboxylic acids is 1. The number of halogens is 1. The lowest BCUT2D eigenvalue weighted by Gasteiger charge is -2.02. The van der Waals surface area contributed by atoms with Crippen molar-refractivity contribution in [2.45, 2.75) is 18.5 Å². The van der Waals surface area contributed by atoms with Crippen molar-refractivity contribution in [3.8, 4) is 0 Å². The van der Waals surface area contributed by atoms with Gasteiger partial charge < -0.3 is 0 Å². The maximum atomic E-state index is 12.8. The van der Waals surface area contributed by atoms with E-state index in [1.807, 2.05) is 25.1 Å². The number of hydrogen-bond acceptors (Lipinski definition) is 6. The number of hydrogen-bond donors (Lipinski definition) is 1. The number of nitrogens with zero attached hydrogens (tertiary/aromatic N) is 3. The molecule has 0 fully saturated rings. The number of sulfone groups is 1. The largest absolute Gasteiger partial charge is 0.296 e. The minimum atomic E-state index is -3.60. The number of imidazole rings is 1. The number of carbonyl (C=O) groups is 1. The van der Waals surface area contributed by atoms with Gasteiger partial charge in [-0.3, -0.25) is 14.5 Å². The molecule has 3 heterocycles. The lowest BCUT2D eigenvalue weighted by Crippen LogP contribution is -2.12. The number of aromatic nitrogens is 3. The quantitative estimate of drug-likeness (QED) is 0.486. The molecule has 4 aromatic rings. The van der Waals surface area contributed by atoms with Crippen LogP contribution in [0.3, 0.4) is 0 Å². The van der Waals surface area contributed by atoms with E-state index >= 15 is 0 Å². The van der Waals surface area contributed by atoms with E-state index in [1.165, 1.54) is 15.7 Å². The van der Waals surface area contributed by atoms with Gasteiger partial charge in [0.25, 0.3) is 5.91 Å². The van der Waals surface area contributed by atoms with Gasteiger partial charge in [0.2, 0.25) is 15.0 Å². The molecular weight excluding hydrogens is 444 g/mol. The summed E-state index contributed by atoms with van der Waals surface area (Å²) in [4.78, 5) is 22.1. The zero-order valence-corrected chi connectivity index (χ0v) is 18.5. The lowest BCUT2D eigenvalue weighted by atomic mass is 10.1. The number of aryl methyl sites for hydroxylation is 1. The highest BCUT2D eigenvalue weighted by molar-refractivity contribution is 7.90. The van der Waals surface area contributed by atoms with Crippen molar-refractivity contribution in [1.82, 2.24) is 14.4 Å². The van der Waals surface area contributed by atoms with Crippen LogP contribution in [0.2, 0.25) is 5.02 Å². The maximum Gasteiger partial charge on any atom is 0.278 e. The Kier molecular flexibility index (Phi) is 5.35. The predicted molar refractivity (Wildman–Crippen MR) is 117 cm³/mol. The first kappa shape index (κ1) is 20.5. The van der Waals surface area contributed by atoms with Crippen LogP contribution in [0.1, 0.15) is 26.5 Å². The molecule has 0 unspecified atom stereocenters. The summed E-state index contributed by atoms with van der Waals surface area (Å²) >= 11 is 7.52. The Morgan fingerprint density at radius 3 is 2.80 bits per heavy atom. The van der Waals surface area contributed by atoms with Crippen LogP contribution < -0.4 is 5.32 Å². The van der Waals surface area contributed by atoms with Gasteiger partial charge in [-0.15, -0.1) is 11.3 Å². The molecule has 30 heavy (non-hydrogen) atoms. The summed E-state index contributed by atoms with van der Waals surface area (Å²) in [6.07, 6.45) is 4.95. The van der Waals surface area contributed by atoms with Crippen LogP contribution in [0.4, 0.5) is 5.13 Å². The molecule has 0 radical (unpaired) electrons. The summed E-state index contributed by atoms with van der Waals surface area (Å²) in [5.74, 6) is -0.520. The van der Waals surface area contributed by atoms with E-state index in [4.69, 9.17) is 11.6 Å². The number of pyridine rings is 1. The molecule has 3 aromatic heterocycles. The number of anilines is 1. The normalized spacial score (nSPS) is 11.7. The van der Waals surface area contributed by atoms with Gasteiger partial charge in [0.05, 0.1) is 5.52 Å². The molecule has 0 aliphatic rings. The molecule has 4 rings (SSSR count). The first-order chi connectivity index (χ1) is 14.2. The lowest BCUT2D eigenvalue weighted by molar-refractivity contribution is 0.102. The molecule has 0 bridgehead atoms. The van der Waals surface area contributed by atoms with Gasteiger partial charge in [0.15, 0.2) is 10.8 Å². The van der Waals surface area contributed by atoms with Crippen LogP contribution in [0.15, 0.2) is 53.9 Å². The van der Waals surface area contributed by atoms with E-state index in [0.717, 1.165) is 22.3 Å². The molecule has 1 amide bonds. The SMILES string of the molecule is Cc1ccc(Cc2cnc(NC(=O)c3nc(S(C)(=O)=O)n4ccccc34)s2)cc1Cl. The standard InChI is InChI=1S/C20H17ClN4O3S2/c1-12-6-7-13(10-15(12)21)9-14-11-22-19(29-14)24-18(26)17-16-5-3-4-8-25(16)20(23-17)30(2,27)28/h3-8,10-11H,9H2,1-2H3,(H,22,24,26). The Hall–Kier alpha value is -2.75. The van der Waals surface area contributed by atoms with E-state index in [-0.39, 0.29) is 10.9 Å². The second-order valence-electron chi connectivity index (χ2n) is 6.82. The van der Waals surface area contributed by atoms with Crippen LogP contribution in [0, 0.1) is 6.92 Å². The Labute approximate surface area is 182 Å². The van der Waals surface area contributed by atoms with Gasteiger partial charge >= 0.3 is 0 Å². The van der Waals surface area contributed by atoms with E-state index in [0.29, 0.717) is 22.1 Å². The highest BCUT2D eigenvalue weighted by Crippen LogP contribution is 2.25. The van der Waals surface area contributed by atoms with E-state index in [2.05, 4.69) is 15.3 Å². The van der Waals surface area contributed by atoms with Crippen LogP contribution in [-0.4, -0.2) is 34.9 Å². The average molecular weight is 461 g/mol. The van der Waals surface area contributed by atoms with Gasteiger partial charge in [-0.25, -0.2) is 18.4 Å². The third-order valence-corrected chi connectivity index (χ3v) is 6.72. The van der Waals surface area contributed by atoms with Crippen molar-refractivity contribution >= 4 is 49.3 Å². The number of benzene rings is 1. The summed E-state index contributed by atoms with van der Waals surface area (Å²) in [5, 5.41) is 3.65. The van der Waals surface area contributed by atoms with Crippen LogP contribution >= 0.6 is 22.9 Å². The molecule has 0 aliphatic heterocycles. The highest BCUT2D eigenvalue weighted by atomic mass is 35.5. The number of rotatable bonds is 5. The smallest absolute Gasteiger partial charge is 0.278 e. The molecule has 7 nitrogen and oxygen atoms in total. The number of nitrogens with one attached hydrogen (secondary N) is 1. The Balaban J connectivity index is 1.57. The second-order valence-corrected chi connectivity index (χ2v) is 10.2. The molecule has 0 saturated carbocycles. The first-order valence-corrected chi connectivity index (χ1v) is 12.0. The Morgan fingerprint density at radius 2 is 2.07 bits per heavy atom.